The number of carbonyl (C=O) groups excluding carboxylic acids is 1. The lowest BCUT2D eigenvalue weighted by molar-refractivity contribution is 0.0765. The van der Waals surface area contributed by atoms with Crippen molar-refractivity contribution >= 4 is 17.5 Å². The second kappa shape index (κ2) is 7.50. The number of halogens is 1. The van der Waals surface area contributed by atoms with Gasteiger partial charge in [0.25, 0.3) is 5.91 Å². The number of likely N-dealkylation sites (tertiary alicyclic amines) is 1. The lowest BCUT2D eigenvalue weighted by Crippen LogP contribution is -2.30. The van der Waals surface area contributed by atoms with Crippen molar-refractivity contribution in [2.45, 2.75) is 12.5 Å². The van der Waals surface area contributed by atoms with Crippen LogP contribution >= 0.6 is 11.6 Å². The molecule has 27 heavy (non-hydrogen) atoms. The highest BCUT2D eigenvalue weighted by molar-refractivity contribution is 6.33. The van der Waals surface area contributed by atoms with Gasteiger partial charge in [0.1, 0.15) is 0 Å². The fourth-order valence-corrected chi connectivity index (χ4v) is 3.65. The van der Waals surface area contributed by atoms with Crippen LogP contribution in [-0.2, 0) is 6.42 Å². The molecule has 138 valence electrons. The molecule has 1 saturated heterocycles. The monoisotopic (exact) mass is 382 g/mol. The van der Waals surface area contributed by atoms with Crippen LogP contribution in [0.5, 0.6) is 0 Å². The van der Waals surface area contributed by atoms with Crippen LogP contribution in [0.25, 0.3) is 5.69 Å². The van der Waals surface area contributed by atoms with Crippen molar-refractivity contribution in [2.75, 3.05) is 13.1 Å². The van der Waals surface area contributed by atoms with Gasteiger partial charge >= 0.3 is 0 Å². The average molecular weight is 383 g/mol. The van der Waals surface area contributed by atoms with Crippen LogP contribution in [0, 0.1) is 5.92 Å². The molecule has 2 aromatic heterocycles. The predicted octanol–water partition coefficient (Wildman–Crippen LogP) is 2.60. The number of aliphatic hydroxyl groups is 1. The van der Waals surface area contributed by atoms with Gasteiger partial charge in [0.05, 0.1) is 22.4 Å². The van der Waals surface area contributed by atoms with Gasteiger partial charge in [-0.15, -0.1) is 0 Å². The zero-order chi connectivity index (χ0) is 18.8. The number of aromatic nitrogens is 3. The van der Waals surface area contributed by atoms with E-state index in [0.717, 1.165) is 11.3 Å². The molecule has 3 aromatic rings. The Bertz CT molecular complexity index is 930. The molecule has 0 unspecified atom stereocenters. The number of β-amino-alcohol motifs (C(OH)–C–C–N with tert-alkyl or cyclic N) is 1. The summed E-state index contributed by atoms with van der Waals surface area (Å²) in [6.07, 6.45) is 7.10. The summed E-state index contributed by atoms with van der Waals surface area (Å²) in [6.45, 7) is 0.793. The topological polar surface area (TPSA) is 71.2 Å². The molecule has 0 spiro atoms. The molecule has 1 amide bonds. The minimum atomic E-state index is -0.560. The van der Waals surface area contributed by atoms with Crippen molar-refractivity contribution in [3.05, 3.63) is 77.3 Å². The SMILES string of the molecule is O=C(c1cc(-n2cccn2)ccc1Cl)N1C[C@@H](Cc2ccncc2)[C@H](O)C1. The first kappa shape index (κ1) is 17.7. The molecule has 4 rings (SSSR count). The molecule has 0 saturated carbocycles. The van der Waals surface area contributed by atoms with Crippen LogP contribution in [0.1, 0.15) is 15.9 Å². The standard InChI is InChI=1S/C20H19ClN4O2/c21-18-3-2-16(25-9-1-6-23-25)11-17(18)20(27)24-12-15(19(26)13-24)10-14-4-7-22-8-5-14/h1-9,11,15,19,26H,10,12-13H2/t15-,19-/m1/s1. The summed E-state index contributed by atoms with van der Waals surface area (Å²) in [5, 5.41) is 15.0. The number of benzene rings is 1. The van der Waals surface area contributed by atoms with Crippen LogP contribution in [0.15, 0.2) is 61.2 Å². The van der Waals surface area contributed by atoms with Gasteiger partial charge in [0, 0.05) is 43.8 Å². The fraction of sp³-hybridized carbons (Fsp3) is 0.250. The highest BCUT2D eigenvalue weighted by Crippen LogP contribution is 2.26. The Hall–Kier alpha value is -2.70. The summed E-state index contributed by atoms with van der Waals surface area (Å²) in [7, 11) is 0. The smallest absolute Gasteiger partial charge is 0.255 e. The van der Waals surface area contributed by atoms with Gasteiger partial charge in [-0.25, -0.2) is 4.68 Å². The molecule has 2 atom stereocenters. The Kier molecular flexibility index (Phi) is 4.92. The van der Waals surface area contributed by atoms with Gasteiger partial charge in [-0.1, -0.05) is 11.6 Å². The van der Waals surface area contributed by atoms with Gasteiger partial charge in [0.2, 0.25) is 0 Å². The van der Waals surface area contributed by atoms with Crippen LogP contribution in [0.4, 0.5) is 0 Å². The minimum absolute atomic E-state index is 0.00979. The lowest BCUT2D eigenvalue weighted by atomic mass is 9.97. The molecule has 7 heteroatoms. The first-order valence-electron chi connectivity index (χ1n) is 8.77. The van der Waals surface area contributed by atoms with Gasteiger partial charge in [-0.05, 0) is 48.4 Å². The number of hydrogen-bond donors (Lipinski definition) is 1. The Morgan fingerprint density at radius 1 is 1.19 bits per heavy atom. The summed E-state index contributed by atoms with van der Waals surface area (Å²) < 4.78 is 1.68. The van der Waals surface area contributed by atoms with Crippen molar-refractivity contribution in [3.8, 4) is 5.69 Å². The van der Waals surface area contributed by atoms with E-state index < -0.39 is 6.10 Å². The summed E-state index contributed by atoms with van der Waals surface area (Å²) in [5.41, 5.74) is 2.28. The van der Waals surface area contributed by atoms with E-state index in [1.165, 1.54) is 0 Å². The van der Waals surface area contributed by atoms with Gasteiger partial charge < -0.3 is 10.0 Å². The number of rotatable bonds is 4. The van der Waals surface area contributed by atoms with E-state index in [-0.39, 0.29) is 11.8 Å². The summed E-state index contributed by atoms with van der Waals surface area (Å²) in [5.74, 6) is -0.185. The molecule has 3 heterocycles. The molecule has 0 bridgehead atoms. The predicted molar refractivity (Wildman–Crippen MR) is 102 cm³/mol. The third kappa shape index (κ3) is 3.72. The number of pyridine rings is 1. The van der Waals surface area contributed by atoms with Crippen molar-refractivity contribution < 1.29 is 9.90 Å². The van der Waals surface area contributed by atoms with Crippen LogP contribution in [0.3, 0.4) is 0 Å². The normalized spacial score (nSPS) is 19.4. The Labute approximate surface area is 162 Å². The minimum Gasteiger partial charge on any atom is -0.391 e. The van der Waals surface area contributed by atoms with E-state index in [4.69, 9.17) is 11.6 Å². The molecule has 6 nitrogen and oxygen atoms in total. The average Bonchev–Trinajstić information content (AvgIpc) is 3.33. The second-order valence-electron chi connectivity index (χ2n) is 6.71. The van der Waals surface area contributed by atoms with Crippen LogP contribution < -0.4 is 0 Å². The molecule has 1 aliphatic rings. The van der Waals surface area contributed by atoms with Crippen LogP contribution in [-0.4, -0.2) is 49.9 Å². The van der Waals surface area contributed by atoms with E-state index in [1.807, 2.05) is 30.5 Å². The lowest BCUT2D eigenvalue weighted by Gasteiger charge is -2.17. The second-order valence-corrected chi connectivity index (χ2v) is 7.12. The zero-order valence-electron chi connectivity index (χ0n) is 14.6. The van der Waals surface area contributed by atoms with E-state index in [9.17, 15) is 9.90 Å². The highest BCUT2D eigenvalue weighted by Gasteiger charge is 2.35. The van der Waals surface area contributed by atoms with Crippen LogP contribution in [0.2, 0.25) is 5.02 Å². The third-order valence-electron chi connectivity index (χ3n) is 4.89. The highest BCUT2D eigenvalue weighted by atomic mass is 35.5. The van der Waals surface area contributed by atoms with Crippen molar-refractivity contribution in [1.29, 1.82) is 0 Å². The molecule has 0 aliphatic carbocycles. The Morgan fingerprint density at radius 3 is 2.74 bits per heavy atom. The quantitative estimate of drug-likeness (QED) is 0.752. The largest absolute Gasteiger partial charge is 0.391 e. The van der Waals surface area contributed by atoms with E-state index in [2.05, 4.69) is 10.1 Å². The number of carbonyl (C=O) groups is 1. The molecule has 1 N–H and O–H groups in total. The maximum Gasteiger partial charge on any atom is 0.255 e. The summed E-state index contributed by atoms with van der Waals surface area (Å²) >= 11 is 6.29. The first-order chi connectivity index (χ1) is 13.1. The Balaban J connectivity index is 1.52. The molecule has 0 radical (unpaired) electrons. The van der Waals surface area contributed by atoms with E-state index >= 15 is 0 Å². The summed E-state index contributed by atoms with van der Waals surface area (Å²) in [4.78, 5) is 18.7. The molecule has 1 fully saturated rings. The fourth-order valence-electron chi connectivity index (χ4n) is 3.45. The number of amides is 1. The first-order valence-corrected chi connectivity index (χ1v) is 9.15. The summed E-state index contributed by atoms with van der Waals surface area (Å²) in [6, 6.07) is 10.9. The molecular weight excluding hydrogens is 364 g/mol. The van der Waals surface area contributed by atoms with E-state index in [0.29, 0.717) is 30.1 Å². The van der Waals surface area contributed by atoms with Crippen molar-refractivity contribution in [3.63, 3.8) is 0 Å². The van der Waals surface area contributed by atoms with Crippen molar-refractivity contribution in [1.82, 2.24) is 19.7 Å². The number of aliphatic hydroxyl groups excluding tert-OH is 1. The zero-order valence-corrected chi connectivity index (χ0v) is 15.3. The molecular formula is C20H19ClN4O2. The van der Waals surface area contributed by atoms with E-state index in [1.54, 1.807) is 40.3 Å². The Morgan fingerprint density at radius 2 is 2.00 bits per heavy atom. The third-order valence-corrected chi connectivity index (χ3v) is 5.22. The number of nitrogens with zero attached hydrogens (tertiary/aromatic N) is 4. The van der Waals surface area contributed by atoms with Gasteiger partial charge in [-0.3, -0.25) is 9.78 Å². The van der Waals surface area contributed by atoms with Gasteiger partial charge in [0.15, 0.2) is 0 Å². The molecule has 1 aromatic carbocycles. The number of hydrogen-bond acceptors (Lipinski definition) is 4. The maximum absolute atomic E-state index is 13.0. The maximum atomic E-state index is 13.0. The molecule has 1 aliphatic heterocycles. The van der Waals surface area contributed by atoms with Gasteiger partial charge in [-0.2, -0.15) is 5.10 Å². The van der Waals surface area contributed by atoms with Crippen molar-refractivity contribution in [2.24, 2.45) is 5.92 Å².